The van der Waals surface area contributed by atoms with E-state index in [4.69, 9.17) is 14.0 Å². The van der Waals surface area contributed by atoms with Crippen LogP contribution >= 0.6 is 0 Å². The summed E-state index contributed by atoms with van der Waals surface area (Å²) in [6.07, 6.45) is 1.32. The molecule has 0 saturated carbocycles. The Balaban J connectivity index is 1.69. The highest BCUT2D eigenvalue weighted by molar-refractivity contribution is 5.93. The number of ether oxygens (including phenoxy) is 2. The van der Waals surface area contributed by atoms with Crippen molar-refractivity contribution in [1.29, 1.82) is 0 Å². The molecule has 1 fully saturated rings. The lowest BCUT2D eigenvalue weighted by Gasteiger charge is -2.33. The molecule has 162 valence electrons. The molecular weight excluding hydrogens is 386 g/mol. The topological polar surface area (TPSA) is 85.1 Å². The largest absolute Gasteiger partial charge is 0.497 e. The van der Waals surface area contributed by atoms with E-state index in [1.807, 2.05) is 18.7 Å². The summed E-state index contributed by atoms with van der Waals surface area (Å²) in [7, 11) is 3.15. The number of benzene rings is 1. The van der Waals surface area contributed by atoms with Crippen LogP contribution in [-0.4, -0.2) is 67.2 Å². The van der Waals surface area contributed by atoms with Crippen molar-refractivity contribution in [2.45, 2.75) is 26.7 Å². The number of piperidine rings is 1. The summed E-state index contributed by atoms with van der Waals surface area (Å²) in [5.41, 5.74) is 0.898. The number of amides is 2. The summed E-state index contributed by atoms with van der Waals surface area (Å²) < 4.78 is 16.1. The number of carbonyl (C=O) groups excluding carboxylic acids is 2. The molecule has 2 heterocycles. The van der Waals surface area contributed by atoms with Gasteiger partial charge in [0, 0.05) is 38.2 Å². The molecule has 1 saturated heterocycles. The van der Waals surface area contributed by atoms with E-state index >= 15 is 0 Å². The molecule has 0 bridgehead atoms. The maximum atomic E-state index is 12.9. The first-order chi connectivity index (χ1) is 14.5. The van der Waals surface area contributed by atoms with Crippen LogP contribution in [0.4, 0.5) is 0 Å². The average molecular weight is 415 g/mol. The summed E-state index contributed by atoms with van der Waals surface area (Å²) in [6, 6.07) is 6.95. The Morgan fingerprint density at radius 1 is 1.13 bits per heavy atom. The van der Waals surface area contributed by atoms with Crippen molar-refractivity contribution in [3.05, 3.63) is 30.0 Å². The molecular formula is C22H29N3O5. The van der Waals surface area contributed by atoms with Gasteiger partial charge in [-0.25, -0.2) is 0 Å². The highest BCUT2D eigenvalue weighted by Crippen LogP contribution is 2.34. The lowest BCUT2D eigenvalue weighted by molar-refractivity contribution is -0.136. The number of nitrogens with zero attached hydrogens (tertiary/aromatic N) is 3. The molecule has 1 aromatic carbocycles. The third kappa shape index (κ3) is 4.42. The van der Waals surface area contributed by atoms with Gasteiger partial charge in [0.25, 0.3) is 5.91 Å². The molecule has 1 aromatic heterocycles. The molecule has 0 spiro atoms. The number of likely N-dealkylation sites (tertiary alicyclic amines) is 1. The van der Waals surface area contributed by atoms with Crippen LogP contribution in [-0.2, 0) is 4.79 Å². The lowest BCUT2D eigenvalue weighted by atomic mass is 9.95. The Labute approximate surface area is 176 Å². The Bertz CT molecular complexity index is 883. The molecule has 2 amide bonds. The number of hydrogen-bond donors (Lipinski definition) is 0. The highest BCUT2D eigenvalue weighted by atomic mass is 16.5. The van der Waals surface area contributed by atoms with Crippen molar-refractivity contribution in [2.24, 2.45) is 5.92 Å². The van der Waals surface area contributed by atoms with Crippen LogP contribution in [0.3, 0.4) is 0 Å². The van der Waals surface area contributed by atoms with Gasteiger partial charge in [0.1, 0.15) is 11.5 Å². The van der Waals surface area contributed by atoms with Gasteiger partial charge in [0.2, 0.25) is 5.91 Å². The van der Waals surface area contributed by atoms with Gasteiger partial charge >= 0.3 is 0 Å². The number of rotatable bonds is 7. The van der Waals surface area contributed by atoms with Crippen LogP contribution in [0.1, 0.15) is 37.2 Å². The molecule has 8 nitrogen and oxygen atoms in total. The van der Waals surface area contributed by atoms with Gasteiger partial charge in [-0.2, -0.15) is 0 Å². The quantitative estimate of drug-likeness (QED) is 0.691. The number of methoxy groups -OCH3 is 2. The number of hydrogen-bond acceptors (Lipinski definition) is 6. The van der Waals surface area contributed by atoms with Crippen LogP contribution in [0.25, 0.3) is 11.3 Å². The Kier molecular flexibility index (Phi) is 6.97. The van der Waals surface area contributed by atoms with E-state index in [2.05, 4.69) is 5.16 Å². The normalized spacial score (nSPS) is 14.5. The van der Waals surface area contributed by atoms with E-state index in [0.717, 1.165) is 0 Å². The van der Waals surface area contributed by atoms with Crippen molar-refractivity contribution in [2.75, 3.05) is 40.4 Å². The standard InChI is InChI=1S/C22H29N3O5/c1-5-24(6-2)21(26)15-9-11-25(12-10-15)22(27)18-14-20(30-23-18)17-13-16(28-3)7-8-19(17)29-4/h7-8,13-15H,5-6,9-12H2,1-4H3. The fraction of sp³-hybridized carbons (Fsp3) is 0.500. The van der Waals surface area contributed by atoms with E-state index in [-0.39, 0.29) is 23.4 Å². The molecule has 30 heavy (non-hydrogen) atoms. The summed E-state index contributed by atoms with van der Waals surface area (Å²) in [4.78, 5) is 29.0. The molecule has 0 N–H and O–H groups in total. The van der Waals surface area contributed by atoms with Gasteiger partial charge in [-0.3, -0.25) is 9.59 Å². The SMILES string of the molecule is CCN(CC)C(=O)C1CCN(C(=O)c2cc(-c3cc(OC)ccc3OC)on2)CC1. The third-order valence-corrected chi connectivity index (χ3v) is 5.61. The molecule has 8 heteroatoms. The fourth-order valence-corrected chi connectivity index (χ4v) is 3.79. The van der Waals surface area contributed by atoms with E-state index in [1.165, 1.54) is 0 Å². The zero-order chi connectivity index (χ0) is 21.7. The smallest absolute Gasteiger partial charge is 0.276 e. The minimum atomic E-state index is -0.194. The molecule has 0 atom stereocenters. The van der Waals surface area contributed by atoms with Crippen molar-refractivity contribution in [3.63, 3.8) is 0 Å². The average Bonchev–Trinajstić information content (AvgIpc) is 3.29. The van der Waals surface area contributed by atoms with Crippen molar-refractivity contribution in [3.8, 4) is 22.8 Å². The van der Waals surface area contributed by atoms with Gasteiger partial charge in [-0.1, -0.05) is 5.16 Å². The lowest BCUT2D eigenvalue weighted by Crippen LogP contribution is -2.44. The highest BCUT2D eigenvalue weighted by Gasteiger charge is 2.31. The van der Waals surface area contributed by atoms with Gasteiger partial charge in [0.15, 0.2) is 11.5 Å². The van der Waals surface area contributed by atoms with Crippen LogP contribution < -0.4 is 9.47 Å². The van der Waals surface area contributed by atoms with Crippen molar-refractivity contribution in [1.82, 2.24) is 15.0 Å². The molecule has 1 aliphatic rings. The molecule has 2 aromatic rings. The van der Waals surface area contributed by atoms with E-state index in [0.29, 0.717) is 61.8 Å². The predicted molar refractivity (Wildman–Crippen MR) is 112 cm³/mol. The molecule has 0 radical (unpaired) electrons. The summed E-state index contributed by atoms with van der Waals surface area (Å²) in [5, 5.41) is 3.97. The summed E-state index contributed by atoms with van der Waals surface area (Å²) in [5.74, 6) is 1.64. The number of carbonyl (C=O) groups is 2. The van der Waals surface area contributed by atoms with Crippen molar-refractivity contribution >= 4 is 11.8 Å². The molecule has 0 unspecified atom stereocenters. The second kappa shape index (κ2) is 9.65. The van der Waals surface area contributed by atoms with Gasteiger partial charge < -0.3 is 23.8 Å². The van der Waals surface area contributed by atoms with Crippen LogP contribution in [0.2, 0.25) is 0 Å². The molecule has 3 rings (SSSR count). The molecule has 1 aliphatic heterocycles. The minimum absolute atomic E-state index is 0.0251. The van der Waals surface area contributed by atoms with Crippen LogP contribution in [0.5, 0.6) is 11.5 Å². The third-order valence-electron chi connectivity index (χ3n) is 5.61. The van der Waals surface area contributed by atoms with Crippen molar-refractivity contribution < 1.29 is 23.6 Å². The first kappa shape index (κ1) is 21.7. The van der Waals surface area contributed by atoms with Gasteiger partial charge in [0.05, 0.1) is 19.8 Å². The number of aromatic nitrogens is 1. The monoisotopic (exact) mass is 415 g/mol. The first-order valence-electron chi connectivity index (χ1n) is 10.3. The van der Waals surface area contributed by atoms with E-state index in [9.17, 15) is 9.59 Å². The minimum Gasteiger partial charge on any atom is -0.497 e. The molecule has 0 aliphatic carbocycles. The summed E-state index contributed by atoms with van der Waals surface area (Å²) in [6.45, 7) is 6.45. The fourth-order valence-electron chi connectivity index (χ4n) is 3.79. The Morgan fingerprint density at radius 2 is 1.83 bits per heavy atom. The first-order valence-corrected chi connectivity index (χ1v) is 10.3. The van der Waals surface area contributed by atoms with Crippen LogP contribution in [0, 0.1) is 5.92 Å². The van der Waals surface area contributed by atoms with Gasteiger partial charge in [-0.05, 0) is 44.9 Å². The van der Waals surface area contributed by atoms with E-state index < -0.39 is 0 Å². The van der Waals surface area contributed by atoms with Gasteiger partial charge in [-0.15, -0.1) is 0 Å². The summed E-state index contributed by atoms with van der Waals surface area (Å²) >= 11 is 0. The Hall–Kier alpha value is -3.03. The second-order valence-corrected chi connectivity index (χ2v) is 7.22. The Morgan fingerprint density at radius 3 is 2.43 bits per heavy atom. The zero-order valence-electron chi connectivity index (χ0n) is 18.0. The maximum Gasteiger partial charge on any atom is 0.276 e. The zero-order valence-corrected chi connectivity index (χ0v) is 18.0. The maximum absolute atomic E-state index is 12.9. The predicted octanol–water partition coefficient (Wildman–Crippen LogP) is 3.08. The van der Waals surface area contributed by atoms with E-state index in [1.54, 1.807) is 43.4 Å². The van der Waals surface area contributed by atoms with Crippen LogP contribution in [0.15, 0.2) is 28.8 Å². The second-order valence-electron chi connectivity index (χ2n) is 7.22.